The van der Waals surface area contributed by atoms with E-state index >= 15 is 0 Å². The number of rotatable bonds is 6. The van der Waals surface area contributed by atoms with Crippen LogP contribution in [0, 0.1) is 5.92 Å². The maximum Gasteiger partial charge on any atom is 0.338 e. The minimum absolute atomic E-state index is 0.0996. The van der Waals surface area contributed by atoms with Gasteiger partial charge in [-0.2, -0.15) is 0 Å². The zero-order chi connectivity index (χ0) is 16.0. The SMILES string of the molecule is CCOC(=O)c1ccc(NC(=O)C(N)C(C)CC)c(Br)c1. The van der Waals surface area contributed by atoms with E-state index in [-0.39, 0.29) is 11.8 Å². The molecule has 0 spiro atoms. The fourth-order valence-corrected chi connectivity index (χ4v) is 2.16. The van der Waals surface area contributed by atoms with Gasteiger partial charge in [0.1, 0.15) is 0 Å². The Hall–Kier alpha value is -1.40. The molecule has 3 N–H and O–H groups in total. The summed E-state index contributed by atoms with van der Waals surface area (Å²) in [4.78, 5) is 23.7. The molecule has 0 radical (unpaired) electrons. The molecule has 0 aromatic heterocycles. The third kappa shape index (κ3) is 4.82. The molecule has 0 aliphatic rings. The molecule has 0 saturated carbocycles. The van der Waals surface area contributed by atoms with Crippen molar-refractivity contribution in [1.29, 1.82) is 0 Å². The van der Waals surface area contributed by atoms with Crippen LogP contribution < -0.4 is 11.1 Å². The summed E-state index contributed by atoms with van der Waals surface area (Å²) in [6, 6.07) is 4.30. The number of halogens is 1. The van der Waals surface area contributed by atoms with Crippen molar-refractivity contribution < 1.29 is 14.3 Å². The van der Waals surface area contributed by atoms with Gasteiger partial charge in [0.05, 0.1) is 23.9 Å². The predicted molar refractivity (Wildman–Crippen MR) is 86.2 cm³/mol. The number of hydrogen-bond donors (Lipinski definition) is 2. The fourth-order valence-electron chi connectivity index (χ4n) is 1.69. The summed E-state index contributed by atoms with van der Waals surface area (Å²) in [5.41, 5.74) is 6.89. The Kier molecular flexibility index (Phi) is 6.84. The Labute approximate surface area is 133 Å². The van der Waals surface area contributed by atoms with E-state index in [2.05, 4.69) is 21.2 Å². The van der Waals surface area contributed by atoms with Gasteiger partial charge in [0.2, 0.25) is 5.91 Å². The molecule has 0 heterocycles. The first-order valence-corrected chi connectivity index (χ1v) is 7.73. The molecule has 1 amide bonds. The van der Waals surface area contributed by atoms with E-state index in [1.807, 2.05) is 13.8 Å². The second kappa shape index (κ2) is 8.14. The molecular weight excluding hydrogens is 336 g/mol. The number of ether oxygens (including phenoxy) is 1. The highest BCUT2D eigenvalue weighted by Gasteiger charge is 2.20. The number of amides is 1. The van der Waals surface area contributed by atoms with Crippen molar-refractivity contribution in [1.82, 2.24) is 0 Å². The van der Waals surface area contributed by atoms with Crippen LogP contribution in [0.25, 0.3) is 0 Å². The predicted octanol–water partition coefficient (Wildman–Crippen LogP) is 2.94. The van der Waals surface area contributed by atoms with Crippen LogP contribution in [-0.4, -0.2) is 24.5 Å². The maximum absolute atomic E-state index is 12.0. The van der Waals surface area contributed by atoms with Crippen molar-refractivity contribution in [2.24, 2.45) is 11.7 Å². The number of carbonyl (C=O) groups is 2. The van der Waals surface area contributed by atoms with Crippen molar-refractivity contribution in [2.75, 3.05) is 11.9 Å². The molecule has 1 aromatic carbocycles. The van der Waals surface area contributed by atoms with Gasteiger partial charge >= 0.3 is 5.97 Å². The normalized spacial score (nSPS) is 13.4. The first-order valence-electron chi connectivity index (χ1n) is 6.93. The molecule has 0 aliphatic heterocycles. The van der Waals surface area contributed by atoms with Crippen molar-refractivity contribution in [2.45, 2.75) is 33.2 Å². The first-order chi connectivity index (χ1) is 9.90. The maximum atomic E-state index is 12.0. The molecule has 2 unspecified atom stereocenters. The van der Waals surface area contributed by atoms with Gasteiger partial charge in [-0.3, -0.25) is 4.79 Å². The van der Waals surface area contributed by atoms with E-state index in [0.29, 0.717) is 22.3 Å². The average Bonchev–Trinajstić information content (AvgIpc) is 2.47. The Morgan fingerprint density at radius 1 is 1.38 bits per heavy atom. The lowest BCUT2D eigenvalue weighted by Crippen LogP contribution is -2.40. The highest BCUT2D eigenvalue weighted by Crippen LogP contribution is 2.24. The highest BCUT2D eigenvalue weighted by atomic mass is 79.9. The van der Waals surface area contributed by atoms with E-state index in [1.165, 1.54) is 0 Å². The van der Waals surface area contributed by atoms with Crippen molar-refractivity contribution >= 4 is 33.5 Å². The number of carbonyl (C=O) groups excluding carboxylic acids is 2. The molecule has 6 heteroatoms. The highest BCUT2D eigenvalue weighted by molar-refractivity contribution is 9.10. The second-order valence-electron chi connectivity index (χ2n) is 4.82. The molecular formula is C15H21BrN2O3. The lowest BCUT2D eigenvalue weighted by molar-refractivity contribution is -0.118. The Morgan fingerprint density at radius 2 is 2.05 bits per heavy atom. The fraction of sp³-hybridized carbons (Fsp3) is 0.467. The zero-order valence-electron chi connectivity index (χ0n) is 12.5. The van der Waals surface area contributed by atoms with Gasteiger partial charge < -0.3 is 15.8 Å². The monoisotopic (exact) mass is 356 g/mol. The van der Waals surface area contributed by atoms with E-state index in [4.69, 9.17) is 10.5 Å². The number of benzene rings is 1. The first kappa shape index (κ1) is 17.7. The van der Waals surface area contributed by atoms with Crippen LogP contribution in [0.5, 0.6) is 0 Å². The van der Waals surface area contributed by atoms with Gasteiger partial charge in [-0.05, 0) is 47.0 Å². The minimum Gasteiger partial charge on any atom is -0.462 e. The molecule has 1 rings (SSSR count). The summed E-state index contributed by atoms with van der Waals surface area (Å²) < 4.78 is 5.53. The number of hydrogen-bond acceptors (Lipinski definition) is 4. The number of anilines is 1. The Balaban J connectivity index is 2.81. The van der Waals surface area contributed by atoms with Crippen LogP contribution >= 0.6 is 15.9 Å². The number of nitrogens with one attached hydrogen (secondary N) is 1. The summed E-state index contributed by atoms with van der Waals surface area (Å²) in [5.74, 6) is -0.538. The molecule has 0 aliphatic carbocycles. The Bertz CT molecular complexity index is 520. The van der Waals surface area contributed by atoms with Gasteiger partial charge in [-0.15, -0.1) is 0 Å². The minimum atomic E-state index is -0.563. The molecule has 0 fully saturated rings. The lowest BCUT2D eigenvalue weighted by atomic mass is 9.99. The van der Waals surface area contributed by atoms with Crippen molar-refractivity contribution in [3.8, 4) is 0 Å². The summed E-state index contributed by atoms with van der Waals surface area (Å²) in [5, 5.41) is 2.76. The molecule has 0 bridgehead atoms. The second-order valence-corrected chi connectivity index (χ2v) is 5.67. The van der Waals surface area contributed by atoms with E-state index in [1.54, 1.807) is 25.1 Å². The van der Waals surface area contributed by atoms with Gasteiger partial charge in [0, 0.05) is 4.47 Å². The lowest BCUT2D eigenvalue weighted by Gasteiger charge is -2.18. The van der Waals surface area contributed by atoms with Gasteiger partial charge in [0.15, 0.2) is 0 Å². The van der Waals surface area contributed by atoms with Crippen molar-refractivity contribution in [3.05, 3.63) is 28.2 Å². The van der Waals surface area contributed by atoms with Crippen LogP contribution in [-0.2, 0) is 9.53 Å². The summed E-state index contributed by atoms with van der Waals surface area (Å²) >= 11 is 3.33. The van der Waals surface area contributed by atoms with Crippen LogP contribution in [0.2, 0.25) is 0 Å². The third-order valence-corrected chi connectivity index (χ3v) is 3.95. The Morgan fingerprint density at radius 3 is 2.57 bits per heavy atom. The van der Waals surface area contributed by atoms with Gasteiger partial charge in [-0.1, -0.05) is 20.3 Å². The van der Waals surface area contributed by atoms with E-state index < -0.39 is 12.0 Å². The van der Waals surface area contributed by atoms with Crippen molar-refractivity contribution in [3.63, 3.8) is 0 Å². The molecule has 21 heavy (non-hydrogen) atoms. The number of nitrogens with two attached hydrogens (primary N) is 1. The molecule has 2 atom stereocenters. The zero-order valence-corrected chi connectivity index (χ0v) is 14.1. The van der Waals surface area contributed by atoms with E-state index in [9.17, 15) is 9.59 Å². The standard InChI is InChI=1S/C15H21BrN2O3/c1-4-9(3)13(17)14(19)18-12-7-6-10(8-11(12)16)15(20)21-5-2/h6-9,13H,4-5,17H2,1-3H3,(H,18,19). The van der Waals surface area contributed by atoms with Crippen LogP contribution in [0.15, 0.2) is 22.7 Å². The van der Waals surface area contributed by atoms with E-state index in [0.717, 1.165) is 6.42 Å². The number of esters is 1. The largest absolute Gasteiger partial charge is 0.462 e. The van der Waals surface area contributed by atoms with Gasteiger partial charge in [-0.25, -0.2) is 4.79 Å². The summed E-state index contributed by atoms with van der Waals surface area (Å²) in [7, 11) is 0. The smallest absolute Gasteiger partial charge is 0.338 e. The third-order valence-electron chi connectivity index (χ3n) is 3.30. The quantitative estimate of drug-likeness (QED) is 0.767. The summed E-state index contributed by atoms with van der Waals surface area (Å²) in [6.07, 6.45) is 0.831. The summed E-state index contributed by atoms with van der Waals surface area (Å²) in [6.45, 7) is 5.99. The molecule has 0 saturated heterocycles. The molecule has 1 aromatic rings. The van der Waals surface area contributed by atoms with Crippen LogP contribution in [0.4, 0.5) is 5.69 Å². The topological polar surface area (TPSA) is 81.4 Å². The average molecular weight is 357 g/mol. The molecule has 116 valence electrons. The van der Waals surface area contributed by atoms with Crippen LogP contribution in [0.3, 0.4) is 0 Å². The van der Waals surface area contributed by atoms with Gasteiger partial charge in [0.25, 0.3) is 0 Å². The molecule has 5 nitrogen and oxygen atoms in total. The van der Waals surface area contributed by atoms with Crippen LogP contribution in [0.1, 0.15) is 37.6 Å².